The van der Waals surface area contributed by atoms with Crippen LogP contribution in [0.4, 0.5) is 11.4 Å². The number of nitrogens with one attached hydrogen (secondary N) is 2. The van der Waals surface area contributed by atoms with Gasteiger partial charge in [-0.05, 0) is 55.3 Å². The van der Waals surface area contributed by atoms with Crippen molar-refractivity contribution < 1.29 is 38.1 Å². The van der Waals surface area contributed by atoms with Crippen molar-refractivity contribution in [1.29, 1.82) is 0 Å². The maximum atomic E-state index is 13.4. The summed E-state index contributed by atoms with van der Waals surface area (Å²) in [6.45, 7) is 3.11. The average Bonchev–Trinajstić information content (AvgIpc) is 3.44. The van der Waals surface area contributed by atoms with E-state index in [0.29, 0.717) is 78.7 Å². The fourth-order valence-electron chi connectivity index (χ4n) is 6.62. The lowest BCUT2D eigenvalue weighted by atomic mass is 9.77. The summed E-state index contributed by atoms with van der Waals surface area (Å²) in [5.41, 5.74) is 3.32. The fraction of sp³-hybridized carbons (Fsp3) is 0.488. The van der Waals surface area contributed by atoms with E-state index in [4.69, 9.17) is 23.7 Å². The van der Waals surface area contributed by atoms with Crippen LogP contribution in [-0.2, 0) is 29.3 Å². The van der Waals surface area contributed by atoms with Gasteiger partial charge >= 0.3 is 5.97 Å². The number of nitrogens with zero attached hydrogens (tertiary/aromatic N) is 2. The summed E-state index contributed by atoms with van der Waals surface area (Å²) in [5.74, 6) is 0.375. The molecule has 5 rings (SSSR count). The Morgan fingerprint density at radius 1 is 0.679 bits per heavy atom. The van der Waals surface area contributed by atoms with Crippen LogP contribution in [-0.4, -0.2) is 99.2 Å². The maximum absolute atomic E-state index is 13.4. The summed E-state index contributed by atoms with van der Waals surface area (Å²) in [6, 6.07) is 16.7. The molecular formula is C41H54N4O8. The number of esters is 1. The maximum Gasteiger partial charge on any atom is 0.340 e. The van der Waals surface area contributed by atoms with Gasteiger partial charge in [0.25, 0.3) is 5.91 Å². The van der Waals surface area contributed by atoms with Gasteiger partial charge in [-0.2, -0.15) is 0 Å². The van der Waals surface area contributed by atoms with Crippen LogP contribution in [0, 0.1) is 0 Å². The van der Waals surface area contributed by atoms with Crippen LogP contribution in [0.5, 0.6) is 11.5 Å². The van der Waals surface area contributed by atoms with E-state index in [1.54, 1.807) is 25.3 Å². The number of rotatable bonds is 21. The lowest BCUT2D eigenvalue weighted by molar-refractivity contribution is -0.122. The van der Waals surface area contributed by atoms with Crippen molar-refractivity contribution in [3.63, 3.8) is 0 Å². The number of carbonyl (C=O) groups is 3. The smallest absolute Gasteiger partial charge is 0.340 e. The largest absolute Gasteiger partial charge is 0.456 e. The van der Waals surface area contributed by atoms with E-state index in [9.17, 15) is 14.4 Å². The predicted molar refractivity (Wildman–Crippen MR) is 205 cm³/mol. The Bertz CT molecular complexity index is 1670. The molecule has 286 valence electrons. The average molecular weight is 731 g/mol. The van der Waals surface area contributed by atoms with Crippen LogP contribution in [0.15, 0.2) is 54.6 Å². The van der Waals surface area contributed by atoms with Crippen molar-refractivity contribution in [3.05, 3.63) is 82.4 Å². The molecule has 2 aliphatic heterocycles. The van der Waals surface area contributed by atoms with Crippen LogP contribution >= 0.6 is 0 Å². The Morgan fingerprint density at radius 2 is 1.30 bits per heavy atom. The normalized spacial score (nSPS) is 13.4. The Hall–Kier alpha value is -4.65. The summed E-state index contributed by atoms with van der Waals surface area (Å²) in [7, 11) is 9.54. The molecule has 3 aromatic rings. The number of anilines is 2. The van der Waals surface area contributed by atoms with E-state index >= 15 is 0 Å². The van der Waals surface area contributed by atoms with Gasteiger partial charge in [0.15, 0.2) is 5.60 Å². The van der Waals surface area contributed by atoms with Crippen LogP contribution in [0.25, 0.3) is 0 Å². The first-order chi connectivity index (χ1) is 25.6. The van der Waals surface area contributed by atoms with Crippen molar-refractivity contribution in [3.8, 4) is 11.5 Å². The number of amides is 2. The van der Waals surface area contributed by atoms with Crippen molar-refractivity contribution in [2.75, 3.05) is 91.2 Å². The zero-order chi connectivity index (χ0) is 37.8. The summed E-state index contributed by atoms with van der Waals surface area (Å²) in [6.07, 6.45) is 7.07. The van der Waals surface area contributed by atoms with Gasteiger partial charge < -0.3 is 44.1 Å². The highest BCUT2D eigenvalue weighted by Gasteiger charge is 2.54. The third kappa shape index (κ3) is 9.67. The van der Waals surface area contributed by atoms with Crippen molar-refractivity contribution in [2.24, 2.45) is 0 Å². The molecule has 0 saturated carbocycles. The van der Waals surface area contributed by atoms with Crippen LogP contribution < -0.4 is 25.2 Å². The van der Waals surface area contributed by atoms with Gasteiger partial charge in [0.2, 0.25) is 5.91 Å². The minimum atomic E-state index is -1.30. The third-order valence-corrected chi connectivity index (χ3v) is 9.54. The molecule has 0 aliphatic carbocycles. The van der Waals surface area contributed by atoms with E-state index in [1.807, 2.05) is 74.4 Å². The van der Waals surface area contributed by atoms with Crippen molar-refractivity contribution in [1.82, 2.24) is 10.6 Å². The van der Waals surface area contributed by atoms with Crippen LogP contribution in [0.3, 0.4) is 0 Å². The molecule has 2 amide bonds. The number of benzene rings is 3. The van der Waals surface area contributed by atoms with Gasteiger partial charge in [-0.25, -0.2) is 4.79 Å². The van der Waals surface area contributed by atoms with Crippen LogP contribution in [0.1, 0.15) is 82.4 Å². The van der Waals surface area contributed by atoms with Crippen LogP contribution in [0.2, 0.25) is 0 Å². The first-order valence-electron chi connectivity index (χ1n) is 18.5. The van der Waals surface area contributed by atoms with Crippen molar-refractivity contribution in [2.45, 2.75) is 50.5 Å². The molecule has 0 unspecified atom stereocenters. The second-order valence-corrected chi connectivity index (χ2v) is 13.8. The molecule has 2 aliphatic rings. The van der Waals surface area contributed by atoms with Gasteiger partial charge in [-0.1, -0.05) is 25.7 Å². The lowest BCUT2D eigenvalue weighted by Crippen LogP contribution is -2.34. The van der Waals surface area contributed by atoms with Gasteiger partial charge in [0.05, 0.1) is 32.0 Å². The molecule has 53 heavy (non-hydrogen) atoms. The molecule has 12 heteroatoms. The first-order valence-corrected chi connectivity index (χ1v) is 18.5. The third-order valence-electron chi connectivity index (χ3n) is 9.54. The minimum absolute atomic E-state index is 0.00991. The van der Waals surface area contributed by atoms with Gasteiger partial charge in [-0.3, -0.25) is 9.59 Å². The number of ether oxygens (including phenoxy) is 5. The highest BCUT2D eigenvalue weighted by Crippen LogP contribution is 2.57. The molecule has 2 heterocycles. The summed E-state index contributed by atoms with van der Waals surface area (Å²) >= 11 is 0. The van der Waals surface area contributed by atoms with Gasteiger partial charge in [0.1, 0.15) is 11.5 Å². The second kappa shape index (κ2) is 18.9. The number of hydrogen-bond donors (Lipinski definition) is 2. The molecule has 1 spiro atoms. The van der Waals surface area contributed by atoms with E-state index in [0.717, 1.165) is 37.2 Å². The Morgan fingerprint density at radius 3 is 1.94 bits per heavy atom. The minimum Gasteiger partial charge on any atom is -0.456 e. The molecule has 12 nitrogen and oxygen atoms in total. The van der Waals surface area contributed by atoms with Gasteiger partial charge in [0, 0.05) is 107 Å². The highest BCUT2D eigenvalue weighted by atomic mass is 16.6. The molecule has 0 atom stereocenters. The zero-order valence-electron chi connectivity index (χ0n) is 31.8. The number of hydrogen-bond acceptors (Lipinski definition) is 10. The predicted octanol–water partition coefficient (Wildman–Crippen LogP) is 5.64. The first kappa shape index (κ1) is 39.6. The monoisotopic (exact) mass is 730 g/mol. The quantitative estimate of drug-likeness (QED) is 0.105. The Kier molecular flexibility index (Phi) is 14.1. The number of carbonyl (C=O) groups excluding carboxylic acids is 3. The SMILES string of the molecule is COCCCCCCCCNC(=O)CCOCCOCCNC(=O)c1ccc2c(c1)C1(OC2=O)c2ccc(N(C)C)cc2Oc2cc(N(C)C)ccc21. The Balaban J connectivity index is 1.10. The molecule has 0 saturated heterocycles. The van der Waals surface area contributed by atoms with E-state index in [2.05, 4.69) is 10.6 Å². The number of unbranched alkanes of at least 4 members (excludes halogenated alkanes) is 5. The standard InChI is InChI=1S/C41H54N4O8/c1-44(2)30-13-16-33-36(27-30)52-37-28-31(45(3)4)14-17-34(37)41(33)35-26-29(12-15-32(35)40(48)53-41)39(47)43-20-23-51-25-24-50-22-18-38(46)42-19-10-8-6-7-9-11-21-49-5/h12-17,26-28H,6-11,18-25H2,1-5H3,(H,42,46)(H,43,47). The van der Waals surface area contributed by atoms with E-state index in [1.165, 1.54) is 19.3 Å². The molecule has 0 fully saturated rings. The number of fused-ring (bicyclic) bond motifs is 6. The second-order valence-electron chi connectivity index (χ2n) is 13.8. The molecule has 3 aromatic carbocycles. The van der Waals surface area contributed by atoms with E-state index in [-0.39, 0.29) is 18.4 Å². The summed E-state index contributed by atoms with van der Waals surface area (Å²) < 4.78 is 29.0. The fourth-order valence-corrected chi connectivity index (χ4v) is 6.62. The molecular weight excluding hydrogens is 676 g/mol. The molecule has 0 radical (unpaired) electrons. The summed E-state index contributed by atoms with van der Waals surface area (Å²) in [4.78, 5) is 42.8. The molecule has 0 aromatic heterocycles. The molecule has 2 N–H and O–H groups in total. The number of methoxy groups -OCH3 is 1. The van der Waals surface area contributed by atoms with Gasteiger partial charge in [-0.15, -0.1) is 0 Å². The highest BCUT2D eigenvalue weighted by molar-refractivity contribution is 6.00. The van der Waals surface area contributed by atoms with Crippen molar-refractivity contribution >= 4 is 29.2 Å². The van der Waals surface area contributed by atoms with E-state index < -0.39 is 11.6 Å². The molecule has 0 bridgehead atoms. The topological polar surface area (TPSA) is 128 Å². The summed E-state index contributed by atoms with van der Waals surface area (Å²) in [5, 5.41) is 5.85. The lowest BCUT2D eigenvalue weighted by Gasteiger charge is -2.37. The Labute approximate surface area is 313 Å². The zero-order valence-corrected chi connectivity index (χ0v) is 31.8.